The summed E-state index contributed by atoms with van der Waals surface area (Å²) >= 11 is 5.82. The third-order valence-electron chi connectivity index (χ3n) is 2.90. The summed E-state index contributed by atoms with van der Waals surface area (Å²) in [5, 5.41) is 7.03. The summed E-state index contributed by atoms with van der Waals surface area (Å²) in [6.45, 7) is 3.58. The Balaban J connectivity index is 2.43. The average Bonchev–Trinajstić information content (AvgIpc) is 2.69. The first-order valence-corrected chi connectivity index (χ1v) is 7.59. The van der Waals surface area contributed by atoms with Gasteiger partial charge in [0.2, 0.25) is 0 Å². The number of aryl methyl sites for hydroxylation is 1. The lowest BCUT2D eigenvalue weighted by molar-refractivity contribution is 0.403. The Morgan fingerprint density at radius 3 is 2.60 bits per heavy atom. The molecule has 108 valence electrons. The molecule has 6 nitrogen and oxygen atoms in total. The van der Waals surface area contributed by atoms with Gasteiger partial charge in [0.05, 0.1) is 7.11 Å². The largest absolute Gasteiger partial charge is 0.495 e. The molecule has 2 N–H and O–H groups in total. The van der Waals surface area contributed by atoms with E-state index in [9.17, 15) is 8.42 Å². The zero-order chi connectivity index (χ0) is 14.9. The fraction of sp³-hybridized carbons (Fsp3) is 0.250. The first-order chi connectivity index (χ1) is 9.35. The van der Waals surface area contributed by atoms with E-state index in [-0.39, 0.29) is 16.5 Å². The summed E-state index contributed by atoms with van der Waals surface area (Å²) in [4.78, 5) is 0.00412. The molecular formula is C12H14ClN3O3S. The molecule has 0 radical (unpaired) electrons. The van der Waals surface area contributed by atoms with Crippen LogP contribution in [-0.2, 0) is 10.0 Å². The second-order valence-electron chi connectivity index (χ2n) is 4.22. The standard InChI is InChI=1S/C12H14ClN3O3S/c1-7-8(2)14-15-12(7)16-20(17,18)11-5-4-9(13)6-10(11)19-3/h4-6H,1-3H3,(H2,14,15,16). The zero-order valence-corrected chi connectivity index (χ0v) is 12.8. The second kappa shape index (κ2) is 5.34. The molecule has 0 fully saturated rings. The Kier molecular flexibility index (Phi) is 3.92. The van der Waals surface area contributed by atoms with Crippen molar-refractivity contribution in [3.8, 4) is 5.75 Å². The summed E-state index contributed by atoms with van der Waals surface area (Å²) in [6, 6.07) is 4.32. The van der Waals surface area contributed by atoms with E-state index in [1.165, 1.54) is 25.3 Å². The molecule has 0 atom stereocenters. The highest BCUT2D eigenvalue weighted by atomic mass is 35.5. The minimum absolute atomic E-state index is 0.00412. The summed E-state index contributed by atoms with van der Waals surface area (Å²) in [7, 11) is -2.41. The third-order valence-corrected chi connectivity index (χ3v) is 4.51. The average molecular weight is 316 g/mol. The van der Waals surface area contributed by atoms with Crippen molar-refractivity contribution in [3.63, 3.8) is 0 Å². The highest BCUT2D eigenvalue weighted by molar-refractivity contribution is 7.92. The Bertz CT molecular complexity index is 740. The maximum absolute atomic E-state index is 12.4. The van der Waals surface area contributed by atoms with Gasteiger partial charge in [0.25, 0.3) is 10.0 Å². The highest BCUT2D eigenvalue weighted by Gasteiger charge is 2.22. The Morgan fingerprint density at radius 1 is 1.35 bits per heavy atom. The van der Waals surface area contributed by atoms with Crippen molar-refractivity contribution >= 4 is 27.4 Å². The number of anilines is 1. The molecule has 2 aromatic rings. The number of hydrogen-bond donors (Lipinski definition) is 2. The molecule has 1 aromatic heterocycles. The monoisotopic (exact) mass is 315 g/mol. The molecule has 1 aromatic carbocycles. The van der Waals surface area contributed by atoms with E-state index in [4.69, 9.17) is 16.3 Å². The number of sulfonamides is 1. The van der Waals surface area contributed by atoms with Crippen LogP contribution >= 0.6 is 11.6 Å². The number of hydrogen-bond acceptors (Lipinski definition) is 4. The zero-order valence-electron chi connectivity index (χ0n) is 11.2. The first kappa shape index (κ1) is 14.7. The minimum atomic E-state index is -3.80. The summed E-state index contributed by atoms with van der Waals surface area (Å²) in [5.41, 5.74) is 1.53. The van der Waals surface area contributed by atoms with E-state index < -0.39 is 10.0 Å². The molecule has 0 aliphatic heterocycles. The number of methoxy groups -OCH3 is 1. The quantitative estimate of drug-likeness (QED) is 0.908. The minimum Gasteiger partial charge on any atom is -0.495 e. The van der Waals surface area contributed by atoms with Crippen LogP contribution in [0.1, 0.15) is 11.3 Å². The molecule has 0 saturated carbocycles. The van der Waals surface area contributed by atoms with Crippen molar-refractivity contribution in [3.05, 3.63) is 34.5 Å². The number of aromatic nitrogens is 2. The molecule has 0 saturated heterocycles. The van der Waals surface area contributed by atoms with Gasteiger partial charge >= 0.3 is 0 Å². The van der Waals surface area contributed by atoms with E-state index >= 15 is 0 Å². The fourth-order valence-electron chi connectivity index (χ4n) is 1.63. The number of nitrogens with one attached hydrogen (secondary N) is 2. The lowest BCUT2D eigenvalue weighted by atomic mass is 10.3. The van der Waals surface area contributed by atoms with Crippen molar-refractivity contribution in [2.75, 3.05) is 11.8 Å². The van der Waals surface area contributed by atoms with Gasteiger partial charge in [-0.3, -0.25) is 9.82 Å². The van der Waals surface area contributed by atoms with Crippen LogP contribution in [0, 0.1) is 13.8 Å². The lowest BCUT2D eigenvalue weighted by Crippen LogP contribution is -2.15. The van der Waals surface area contributed by atoms with E-state index in [1.54, 1.807) is 6.92 Å². The third kappa shape index (κ3) is 2.73. The van der Waals surface area contributed by atoms with Gasteiger partial charge in [0.1, 0.15) is 10.6 Å². The first-order valence-electron chi connectivity index (χ1n) is 5.73. The van der Waals surface area contributed by atoms with Gasteiger partial charge in [-0.25, -0.2) is 8.42 Å². The molecule has 0 aliphatic carbocycles. The Morgan fingerprint density at radius 2 is 2.05 bits per heavy atom. The van der Waals surface area contributed by atoms with Gasteiger partial charge in [0, 0.05) is 22.3 Å². The number of nitrogens with zero attached hydrogens (tertiary/aromatic N) is 1. The van der Waals surface area contributed by atoms with Crippen LogP contribution < -0.4 is 9.46 Å². The van der Waals surface area contributed by atoms with E-state index in [1.807, 2.05) is 6.92 Å². The Labute approximate surface area is 122 Å². The van der Waals surface area contributed by atoms with Gasteiger partial charge < -0.3 is 4.74 Å². The molecule has 0 amide bonds. The number of halogens is 1. The summed E-state index contributed by atoms with van der Waals surface area (Å²) < 4.78 is 32.2. The molecule has 2 rings (SSSR count). The topological polar surface area (TPSA) is 84.1 Å². The predicted molar refractivity (Wildman–Crippen MR) is 76.9 cm³/mol. The number of aromatic amines is 1. The lowest BCUT2D eigenvalue weighted by Gasteiger charge is -2.10. The van der Waals surface area contributed by atoms with E-state index in [0.717, 1.165) is 11.3 Å². The fourth-order valence-corrected chi connectivity index (χ4v) is 3.01. The number of rotatable bonds is 4. The van der Waals surface area contributed by atoms with Crippen LogP contribution in [0.4, 0.5) is 5.82 Å². The predicted octanol–water partition coefficient (Wildman–Crippen LogP) is 2.49. The normalized spacial score (nSPS) is 11.4. The van der Waals surface area contributed by atoms with Crippen LogP contribution in [0.3, 0.4) is 0 Å². The molecule has 0 bridgehead atoms. The maximum Gasteiger partial charge on any atom is 0.266 e. The van der Waals surface area contributed by atoms with Crippen molar-refractivity contribution in [2.24, 2.45) is 0 Å². The van der Waals surface area contributed by atoms with Gasteiger partial charge in [-0.1, -0.05) is 11.6 Å². The van der Waals surface area contributed by atoms with Crippen molar-refractivity contribution < 1.29 is 13.2 Å². The van der Waals surface area contributed by atoms with Crippen LogP contribution in [0.2, 0.25) is 5.02 Å². The molecule has 20 heavy (non-hydrogen) atoms. The summed E-state index contributed by atoms with van der Waals surface area (Å²) in [6.07, 6.45) is 0. The second-order valence-corrected chi connectivity index (χ2v) is 6.31. The van der Waals surface area contributed by atoms with Crippen LogP contribution in [-0.4, -0.2) is 25.7 Å². The van der Waals surface area contributed by atoms with Crippen molar-refractivity contribution in [1.29, 1.82) is 0 Å². The molecule has 0 unspecified atom stereocenters. The van der Waals surface area contributed by atoms with Gasteiger partial charge in [-0.15, -0.1) is 0 Å². The molecular weight excluding hydrogens is 302 g/mol. The van der Waals surface area contributed by atoms with Crippen LogP contribution in [0.5, 0.6) is 5.75 Å². The van der Waals surface area contributed by atoms with E-state index in [0.29, 0.717) is 5.02 Å². The summed E-state index contributed by atoms with van der Waals surface area (Å²) in [5.74, 6) is 0.439. The molecule has 0 aliphatic rings. The Hall–Kier alpha value is -1.73. The maximum atomic E-state index is 12.4. The van der Waals surface area contributed by atoms with Crippen LogP contribution in [0.25, 0.3) is 0 Å². The molecule has 1 heterocycles. The van der Waals surface area contributed by atoms with Gasteiger partial charge in [0.15, 0.2) is 5.82 Å². The van der Waals surface area contributed by atoms with Crippen LogP contribution in [0.15, 0.2) is 23.1 Å². The molecule has 8 heteroatoms. The van der Waals surface area contributed by atoms with Crippen molar-refractivity contribution in [1.82, 2.24) is 10.2 Å². The number of H-pyrrole nitrogens is 1. The van der Waals surface area contributed by atoms with Crippen molar-refractivity contribution in [2.45, 2.75) is 18.7 Å². The number of benzene rings is 1. The van der Waals surface area contributed by atoms with E-state index in [2.05, 4.69) is 14.9 Å². The molecule has 0 spiro atoms. The van der Waals surface area contributed by atoms with Gasteiger partial charge in [-0.05, 0) is 26.0 Å². The van der Waals surface area contributed by atoms with Gasteiger partial charge in [-0.2, -0.15) is 5.10 Å². The number of ether oxygens (including phenoxy) is 1. The SMILES string of the molecule is COc1cc(Cl)ccc1S(=O)(=O)Nc1n[nH]c(C)c1C. The highest BCUT2D eigenvalue weighted by Crippen LogP contribution is 2.29. The smallest absolute Gasteiger partial charge is 0.266 e.